The van der Waals surface area contributed by atoms with Crippen molar-refractivity contribution in [1.29, 1.82) is 0 Å². The second kappa shape index (κ2) is 2.66. The summed E-state index contributed by atoms with van der Waals surface area (Å²) in [7, 11) is 0. The fraction of sp³-hybridized carbons (Fsp3) is 0.571. The van der Waals surface area contributed by atoms with Crippen LogP contribution < -0.4 is 0 Å². The molecule has 2 nitrogen and oxygen atoms in total. The fourth-order valence-electron chi connectivity index (χ4n) is 0.851. The molecule has 0 atom stereocenters. The van der Waals surface area contributed by atoms with E-state index < -0.39 is 0 Å². The molecule has 0 aromatic heterocycles. The summed E-state index contributed by atoms with van der Waals surface area (Å²) in [4.78, 5) is 11.2. The van der Waals surface area contributed by atoms with Crippen LogP contribution in [0.25, 0.3) is 0 Å². The lowest BCUT2D eigenvalue weighted by Gasteiger charge is -2.02. The van der Waals surface area contributed by atoms with Gasteiger partial charge in [-0.05, 0) is 11.5 Å². The monoisotopic (exact) mass is 158 g/mol. The van der Waals surface area contributed by atoms with Gasteiger partial charge in [0, 0.05) is 0 Å². The Bertz CT molecular complexity index is 194. The number of esters is 1. The highest BCUT2D eigenvalue weighted by Crippen LogP contribution is 2.24. The highest BCUT2D eigenvalue weighted by Gasteiger charge is 2.23. The van der Waals surface area contributed by atoms with Gasteiger partial charge in [-0.3, -0.25) is 0 Å². The molecular formula is C7H10O2S. The van der Waals surface area contributed by atoms with Crippen LogP contribution in [0.3, 0.4) is 0 Å². The quantitative estimate of drug-likeness (QED) is 0.461. The third-order valence-corrected chi connectivity index (χ3v) is 2.02. The van der Waals surface area contributed by atoms with Crippen LogP contribution in [0.4, 0.5) is 0 Å². The lowest BCUT2D eigenvalue weighted by Crippen LogP contribution is -1.96. The van der Waals surface area contributed by atoms with Gasteiger partial charge in [-0.25, -0.2) is 4.79 Å². The molecule has 1 rings (SSSR count). The van der Waals surface area contributed by atoms with Crippen molar-refractivity contribution in [2.45, 2.75) is 13.8 Å². The SMILES string of the molecule is CC(C)C1=C(S)C(=O)OC1. The Labute approximate surface area is 65.7 Å². The van der Waals surface area contributed by atoms with Gasteiger partial charge in [-0.15, -0.1) is 12.6 Å². The van der Waals surface area contributed by atoms with Crippen LogP contribution in [-0.2, 0) is 9.53 Å². The van der Waals surface area contributed by atoms with Crippen molar-refractivity contribution in [3.63, 3.8) is 0 Å². The van der Waals surface area contributed by atoms with E-state index in [-0.39, 0.29) is 5.97 Å². The van der Waals surface area contributed by atoms with Crippen LogP contribution in [0.5, 0.6) is 0 Å². The van der Waals surface area contributed by atoms with Crippen molar-refractivity contribution in [2.75, 3.05) is 6.61 Å². The van der Waals surface area contributed by atoms with E-state index in [9.17, 15) is 4.79 Å². The number of carbonyl (C=O) groups is 1. The summed E-state index contributed by atoms with van der Waals surface area (Å²) in [6, 6.07) is 0. The molecule has 0 N–H and O–H groups in total. The smallest absolute Gasteiger partial charge is 0.344 e. The molecular weight excluding hydrogens is 148 g/mol. The molecule has 0 aromatic carbocycles. The van der Waals surface area contributed by atoms with Crippen LogP contribution in [0.15, 0.2) is 10.5 Å². The maximum absolute atomic E-state index is 10.7. The molecule has 0 unspecified atom stereocenters. The molecule has 1 aliphatic rings. The zero-order chi connectivity index (χ0) is 7.72. The number of rotatable bonds is 1. The van der Waals surface area contributed by atoms with Gasteiger partial charge >= 0.3 is 5.97 Å². The highest BCUT2D eigenvalue weighted by atomic mass is 32.1. The molecule has 1 aliphatic heterocycles. The van der Waals surface area contributed by atoms with Crippen LogP contribution >= 0.6 is 12.6 Å². The number of thiol groups is 1. The first kappa shape index (κ1) is 7.66. The molecule has 56 valence electrons. The predicted octanol–water partition coefficient (Wildman–Crippen LogP) is 1.38. The molecule has 0 amide bonds. The predicted molar refractivity (Wildman–Crippen MR) is 41.8 cm³/mol. The minimum Gasteiger partial charge on any atom is -0.457 e. The zero-order valence-corrected chi connectivity index (χ0v) is 6.94. The Morgan fingerprint density at radius 3 is 2.40 bits per heavy atom. The van der Waals surface area contributed by atoms with Gasteiger partial charge in [0.1, 0.15) is 6.61 Å². The van der Waals surface area contributed by atoms with Gasteiger partial charge in [0.25, 0.3) is 0 Å². The lowest BCUT2D eigenvalue weighted by atomic mass is 10.1. The third kappa shape index (κ3) is 1.19. The first-order chi connectivity index (χ1) is 4.63. The lowest BCUT2D eigenvalue weighted by molar-refractivity contribution is -0.135. The average Bonchev–Trinajstić information content (AvgIpc) is 2.14. The van der Waals surface area contributed by atoms with Gasteiger partial charge in [0.2, 0.25) is 0 Å². The number of cyclic esters (lactones) is 1. The van der Waals surface area contributed by atoms with Crippen molar-refractivity contribution in [2.24, 2.45) is 5.92 Å². The summed E-state index contributed by atoms with van der Waals surface area (Å²) in [6.07, 6.45) is 0. The molecule has 3 heteroatoms. The topological polar surface area (TPSA) is 26.3 Å². The molecule has 0 saturated carbocycles. The van der Waals surface area contributed by atoms with Crippen LogP contribution in [0, 0.1) is 5.92 Å². The number of carbonyl (C=O) groups excluding carboxylic acids is 1. The molecule has 0 spiro atoms. The van der Waals surface area contributed by atoms with Crippen LogP contribution in [-0.4, -0.2) is 12.6 Å². The van der Waals surface area contributed by atoms with Gasteiger partial charge in [-0.2, -0.15) is 0 Å². The minimum absolute atomic E-state index is 0.285. The van der Waals surface area contributed by atoms with E-state index in [4.69, 9.17) is 4.74 Å². The summed E-state index contributed by atoms with van der Waals surface area (Å²) in [6.45, 7) is 4.47. The first-order valence-corrected chi connectivity index (χ1v) is 3.66. The first-order valence-electron chi connectivity index (χ1n) is 3.22. The number of hydrogen-bond acceptors (Lipinski definition) is 3. The second-order valence-electron chi connectivity index (χ2n) is 2.60. The number of ether oxygens (including phenoxy) is 1. The maximum atomic E-state index is 10.7. The van der Waals surface area contributed by atoms with Crippen molar-refractivity contribution in [3.05, 3.63) is 10.5 Å². The Balaban J connectivity index is 2.85. The standard InChI is InChI=1S/C7H10O2S/c1-4(2)5-3-9-7(8)6(5)10/h4,10H,3H2,1-2H3. The summed E-state index contributed by atoms with van der Waals surface area (Å²) in [5.41, 5.74) is 1.01. The maximum Gasteiger partial charge on any atom is 0.344 e. The van der Waals surface area contributed by atoms with Gasteiger partial charge < -0.3 is 4.74 Å². The summed E-state index contributed by atoms with van der Waals surface area (Å²) in [5.74, 6) is 0.0750. The largest absolute Gasteiger partial charge is 0.457 e. The molecule has 10 heavy (non-hydrogen) atoms. The van der Waals surface area contributed by atoms with Gasteiger partial charge in [0.05, 0.1) is 4.91 Å². The normalized spacial score (nSPS) is 18.6. The summed E-state index contributed by atoms with van der Waals surface area (Å²) < 4.78 is 4.75. The van der Waals surface area contributed by atoms with Crippen molar-refractivity contribution in [3.8, 4) is 0 Å². The second-order valence-corrected chi connectivity index (χ2v) is 3.05. The van der Waals surface area contributed by atoms with E-state index in [0.717, 1.165) is 5.57 Å². The van der Waals surface area contributed by atoms with E-state index in [1.165, 1.54) is 0 Å². The summed E-state index contributed by atoms with van der Waals surface area (Å²) in [5, 5.41) is 0. The summed E-state index contributed by atoms with van der Waals surface area (Å²) >= 11 is 4.03. The molecule has 0 aromatic rings. The third-order valence-electron chi connectivity index (χ3n) is 1.55. The Morgan fingerprint density at radius 1 is 1.60 bits per heavy atom. The van der Waals surface area contributed by atoms with Crippen LogP contribution in [0.2, 0.25) is 0 Å². The number of hydrogen-bond donors (Lipinski definition) is 1. The molecule has 0 saturated heterocycles. The van der Waals surface area contributed by atoms with E-state index in [1.807, 2.05) is 13.8 Å². The minimum atomic E-state index is -0.285. The average molecular weight is 158 g/mol. The van der Waals surface area contributed by atoms with Crippen molar-refractivity contribution < 1.29 is 9.53 Å². The van der Waals surface area contributed by atoms with Gasteiger partial charge in [-0.1, -0.05) is 13.8 Å². The van der Waals surface area contributed by atoms with Gasteiger partial charge in [0.15, 0.2) is 0 Å². The molecule has 0 aliphatic carbocycles. The Morgan fingerprint density at radius 2 is 2.20 bits per heavy atom. The van der Waals surface area contributed by atoms with E-state index in [2.05, 4.69) is 12.6 Å². The molecule has 0 fully saturated rings. The molecule has 0 bridgehead atoms. The van der Waals surface area contributed by atoms with Crippen molar-refractivity contribution in [1.82, 2.24) is 0 Å². The Kier molecular flexibility index (Phi) is 2.04. The molecule has 0 radical (unpaired) electrons. The van der Waals surface area contributed by atoms with Crippen molar-refractivity contribution >= 4 is 18.6 Å². The highest BCUT2D eigenvalue weighted by molar-refractivity contribution is 7.85. The fourth-order valence-corrected chi connectivity index (χ4v) is 1.24. The van der Waals surface area contributed by atoms with E-state index in [1.54, 1.807) is 0 Å². The van der Waals surface area contributed by atoms with E-state index >= 15 is 0 Å². The van der Waals surface area contributed by atoms with E-state index in [0.29, 0.717) is 17.4 Å². The molecule has 1 heterocycles. The Hall–Kier alpha value is -0.440. The van der Waals surface area contributed by atoms with Crippen LogP contribution in [0.1, 0.15) is 13.8 Å². The zero-order valence-electron chi connectivity index (χ0n) is 6.05.